The lowest BCUT2D eigenvalue weighted by Gasteiger charge is -2.11. The average Bonchev–Trinajstić information content (AvgIpc) is 2.41. The fraction of sp³-hybridized carbons (Fsp3) is 0.143. The Kier molecular flexibility index (Phi) is 4.39. The van der Waals surface area contributed by atoms with Gasteiger partial charge in [0.05, 0.1) is 12.9 Å². The molecule has 21 heavy (non-hydrogen) atoms. The molecule has 0 bridgehead atoms. The summed E-state index contributed by atoms with van der Waals surface area (Å²) in [6.45, 7) is 0. The zero-order valence-corrected chi connectivity index (χ0v) is 12.7. The Morgan fingerprint density at radius 3 is 2.57 bits per heavy atom. The van der Waals surface area contributed by atoms with E-state index in [-0.39, 0.29) is 21.4 Å². The third-order valence-corrected chi connectivity index (χ3v) is 4.93. The van der Waals surface area contributed by atoms with Crippen molar-refractivity contribution in [2.45, 2.75) is 10.6 Å². The van der Waals surface area contributed by atoms with Crippen LogP contribution in [0.1, 0.15) is 5.56 Å². The van der Waals surface area contributed by atoms with Crippen LogP contribution in [0.25, 0.3) is 0 Å². The average molecular weight is 330 g/mol. The summed E-state index contributed by atoms with van der Waals surface area (Å²) in [5, 5.41) is 0.0630. The van der Waals surface area contributed by atoms with Gasteiger partial charge in [0.25, 0.3) is 0 Å². The molecular formula is C14H13ClFNO3S. The minimum absolute atomic E-state index is 0.0135. The lowest BCUT2D eigenvalue weighted by atomic mass is 10.2. The minimum atomic E-state index is -3.70. The van der Waals surface area contributed by atoms with Gasteiger partial charge in [-0.25, -0.2) is 12.8 Å². The van der Waals surface area contributed by atoms with Gasteiger partial charge < -0.3 is 10.5 Å². The van der Waals surface area contributed by atoms with Crippen LogP contribution in [-0.2, 0) is 15.6 Å². The second-order valence-electron chi connectivity index (χ2n) is 4.41. The number of hydrogen-bond donors (Lipinski definition) is 1. The van der Waals surface area contributed by atoms with Gasteiger partial charge in [-0.05, 0) is 29.8 Å². The maximum Gasteiger partial charge on any atom is 0.186 e. The van der Waals surface area contributed by atoms with Gasteiger partial charge in [-0.15, -0.1) is 0 Å². The summed E-state index contributed by atoms with van der Waals surface area (Å²) in [6, 6.07) is 7.87. The lowest BCUT2D eigenvalue weighted by molar-refractivity contribution is 0.403. The van der Waals surface area contributed by atoms with Gasteiger partial charge in [-0.2, -0.15) is 0 Å². The van der Waals surface area contributed by atoms with Gasteiger partial charge in [0, 0.05) is 16.8 Å². The highest BCUT2D eigenvalue weighted by Crippen LogP contribution is 2.30. The van der Waals surface area contributed by atoms with Gasteiger partial charge in [-0.1, -0.05) is 17.7 Å². The van der Waals surface area contributed by atoms with E-state index < -0.39 is 15.7 Å². The third-order valence-electron chi connectivity index (χ3n) is 2.88. The molecule has 2 aromatic rings. The molecule has 0 fully saturated rings. The third kappa shape index (κ3) is 3.46. The molecule has 0 saturated carbocycles. The van der Waals surface area contributed by atoms with Gasteiger partial charge in [-0.3, -0.25) is 0 Å². The highest BCUT2D eigenvalue weighted by molar-refractivity contribution is 7.90. The summed E-state index contributed by atoms with van der Waals surface area (Å²) in [4.78, 5) is 0.0135. The predicted octanol–water partition coefficient (Wildman–Crippen LogP) is 3.04. The Morgan fingerprint density at radius 2 is 1.95 bits per heavy atom. The molecule has 0 amide bonds. The van der Waals surface area contributed by atoms with Gasteiger partial charge in [0.15, 0.2) is 9.84 Å². The number of rotatable bonds is 4. The van der Waals surface area contributed by atoms with Crippen molar-refractivity contribution >= 4 is 27.1 Å². The van der Waals surface area contributed by atoms with Crippen molar-refractivity contribution in [2.75, 3.05) is 12.8 Å². The molecule has 112 valence electrons. The fourth-order valence-corrected chi connectivity index (χ4v) is 3.72. The Balaban J connectivity index is 2.43. The zero-order chi connectivity index (χ0) is 15.6. The number of hydrogen-bond acceptors (Lipinski definition) is 4. The van der Waals surface area contributed by atoms with E-state index in [1.54, 1.807) is 0 Å². The second kappa shape index (κ2) is 5.91. The van der Waals surface area contributed by atoms with Crippen LogP contribution in [0, 0.1) is 5.82 Å². The van der Waals surface area contributed by atoms with Crippen molar-refractivity contribution < 1.29 is 17.5 Å². The summed E-state index contributed by atoms with van der Waals surface area (Å²) < 4.78 is 43.0. The van der Waals surface area contributed by atoms with E-state index in [9.17, 15) is 12.8 Å². The highest BCUT2D eigenvalue weighted by atomic mass is 35.5. The van der Waals surface area contributed by atoms with Crippen molar-refractivity contribution in [3.05, 3.63) is 52.8 Å². The second-order valence-corrected chi connectivity index (χ2v) is 6.77. The number of methoxy groups -OCH3 is 1. The zero-order valence-electron chi connectivity index (χ0n) is 11.1. The van der Waals surface area contributed by atoms with Crippen LogP contribution >= 0.6 is 11.6 Å². The normalized spacial score (nSPS) is 11.4. The molecule has 2 N–H and O–H groups in total. The van der Waals surface area contributed by atoms with Gasteiger partial charge in [0.2, 0.25) is 0 Å². The Bertz CT molecular complexity index is 778. The molecule has 7 heteroatoms. The fourth-order valence-electron chi connectivity index (χ4n) is 1.86. The van der Waals surface area contributed by atoms with Crippen LogP contribution in [0.4, 0.5) is 10.1 Å². The Labute approximate surface area is 127 Å². The Morgan fingerprint density at radius 1 is 1.24 bits per heavy atom. The molecule has 0 aliphatic rings. The Hall–Kier alpha value is -1.79. The smallest absolute Gasteiger partial charge is 0.186 e. The first-order valence-corrected chi connectivity index (χ1v) is 7.96. The SMILES string of the molecule is COc1cc(N)ccc1S(=O)(=O)Cc1ccc(F)cc1Cl. The highest BCUT2D eigenvalue weighted by Gasteiger charge is 2.21. The summed E-state index contributed by atoms with van der Waals surface area (Å²) >= 11 is 5.87. The first-order valence-electron chi connectivity index (χ1n) is 5.93. The largest absolute Gasteiger partial charge is 0.495 e. The van der Waals surface area contributed by atoms with Crippen LogP contribution in [0.5, 0.6) is 5.75 Å². The number of nitrogen functional groups attached to an aromatic ring is 1. The minimum Gasteiger partial charge on any atom is -0.495 e. The molecule has 0 aromatic heterocycles. The molecule has 2 aromatic carbocycles. The van der Waals surface area contributed by atoms with E-state index in [0.29, 0.717) is 11.3 Å². The van der Waals surface area contributed by atoms with Crippen molar-refractivity contribution in [3.63, 3.8) is 0 Å². The summed E-state index contributed by atoms with van der Waals surface area (Å²) in [5.41, 5.74) is 6.31. The molecule has 0 atom stereocenters. The number of ether oxygens (including phenoxy) is 1. The molecule has 0 aliphatic heterocycles. The number of sulfone groups is 1. The maximum atomic E-state index is 13.0. The van der Waals surface area contributed by atoms with E-state index in [4.69, 9.17) is 22.1 Å². The molecule has 2 rings (SSSR count). The van der Waals surface area contributed by atoms with E-state index in [1.165, 1.54) is 31.4 Å². The van der Waals surface area contributed by atoms with E-state index >= 15 is 0 Å². The summed E-state index contributed by atoms with van der Waals surface area (Å²) in [5.74, 6) is -0.716. The van der Waals surface area contributed by atoms with E-state index in [2.05, 4.69) is 0 Å². The van der Waals surface area contributed by atoms with Crippen molar-refractivity contribution in [3.8, 4) is 5.75 Å². The molecule has 4 nitrogen and oxygen atoms in total. The van der Waals surface area contributed by atoms with Crippen molar-refractivity contribution in [2.24, 2.45) is 0 Å². The van der Waals surface area contributed by atoms with Crippen molar-refractivity contribution in [1.29, 1.82) is 0 Å². The molecule has 0 radical (unpaired) electrons. The topological polar surface area (TPSA) is 69.4 Å². The number of benzene rings is 2. The van der Waals surface area contributed by atoms with Gasteiger partial charge in [0.1, 0.15) is 16.5 Å². The first-order chi connectivity index (χ1) is 9.83. The predicted molar refractivity (Wildman–Crippen MR) is 79.7 cm³/mol. The van der Waals surface area contributed by atoms with Crippen LogP contribution in [0.3, 0.4) is 0 Å². The quantitative estimate of drug-likeness (QED) is 0.875. The first kappa shape index (κ1) is 15.6. The molecule has 0 unspecified atom stereocenters. The standard InChI is InChI=1S/C14H13ClFNO3S/c1-20-13-7-11(17)4-5-14(13)21(18,19)8-9-2-3-10(16)6-12(9)15/h2-7H,8,17H2,1H3. The molecule has 0 spiro atoms. The molecule has 0 heterocycles. The van der Waals surface area contributed by atoms with Gasteiger partial charge >= 0.3 is 0 Å². The molecular weight excluding hydrogens is 317 g/mol. The molecule has 0 saturated heterocycles. The van der Waals surface area contributed by atoms with E-state index in [0.717, 1.165) is 12.1 Å². The molecule has 0 aliphatic carbocycles. The van der Waals surface area contributed by atoms with Crippen LogP contribution in [0.15, 0.2) is 41.3 Å². The van der Waals surface area contributed by atoms with Crippen LogP contribution < -0.4 is 10.5 Å². The summed E-state index contributed by atoms with van der Waals surface area (Å²) in [6.07, 6.45) is 0. The monoisotopic (exact) mass is 329 g/mol. The number of halogens is 2. The number of anilines is 1. The van der Waals surface area contributed by atoms with Crippen LogP contribution in [0.2, 0.25) is 5.02 Å². The maximum absolute atomic E-state index is 13.0. The number of nitrogens with two attached hydrogens (primary N) is 1. The van der Waals surface area contributed by atoms with E-state index in [1.807, 2.05) is 0 Å². The summed E-state index contributed by atoms with van der Waals surface area (Å²) in [7, 11) is -2.34. The van der Waals surface area contributed by atoms with Crippen LogP contribution in [-0.4, -0.2) is 15.5 Å². The lowest BCUT2D eigenvalue weighted by Crippen LogP contribution is -2.08. The van der Waals surface area contributed by atoms with Crippen molar-refractivity contribution in [1.82, 2.24) is 0 Å².